The second-order valence-corrected chi connectivity index (χ2v) is 5.79. The first-order valence-corrected chi connectivity index (χ1v) is 6.80. The van der Waals surface area contributed by atoms with Gasteiger partial charge in [-0.1, -0.05) is 0 Å². The van der Waals surface area contributed by atoms with Crippen LogP contribution in [0, 0.1) is 18.8 Å². The number of thiophene rings is 1. The molecule has 1 aromatic heterocycles. The van der Waals surface area contributed by atoms with Crippen molar-refractivity contribution in [1.29, 1.82) is 0 Å². The molecule has 88 valence electrons. The van der Waals surface area contributed by atoms with Gasteiger partial charge in [0.25, 0.3) is 0 Å². The van der Waals surface area contributed by atoms with Crippen LogP contribution in [-0.2, 0) is 11.2 Å². The summed E-state index contributed by atoms with van der Waals surface area (Å²) in [6.45, 7) is 2.16. The molecular formula is C13H18O2S. The highest BCUT2D eigenvalue weighted by Gasteiger charge is 2.26. The maximum atomic E-state index is 10.8. The van der Waals surface area contributed by atoms with Crippen LogP contribution in [0.15, 0.2) is 11.4 Å². The molecule has 0 aromatic carbocycles. The van der Waals surface area contributed by atoms with E-state index in [9.17, 15) is 4.79 Å². The lowest BCUT2D eigenvalue weighted by Crippen LogP contribution is -2.22. The number of carboxylic acid groups (broad SMARTS) is 1. The van der Waals surface area contributed by atoms with Crippen molar-refractivity contribution in [2.24, 2.45) is 11.8 Å². The summed E-state index contributed by atoms with van der Waals surface area (Å²) >= 11 is 1.83. The lowest BCUT2D eigenvalue weighted by atomic mass is 9.80. The predicted molar refractivity (Wildman–Crippen MR) is 65.8 cm³/mol. The average Bonchev–Trinajstić information content (AvgIpc) is 2.65. The molecule has 0 saturated heterocycles. The van der Waals surface area contributed by atoms with Gasteiger partial charge in [0.15, 0.2) is 0 Å². The van der Waals surface area contributed by atoms with Gasteiger partial charge in [-0.15, -0.1) is 11.3 Å². The number of hydrogen-bond acceptors (Lipinski definition) is 2. The second kappa shape index (κ2) is 5.00. The largest absolute Gasteiger partial charge is 0.481 e. The summed E-state index contributed by atoms with van der Waals surface area (Å²) in [7, 11) is 0. The van der Waals surface area contributed by atoms with Crippen molar-refractivity contribution in [1.82, 2.24) is 0 Å². The molecule has 1 fully saturated rings. The average molecular weight is 238 g/mol. The minimum Gasteiger partial charge on any atom is -0.481 e. The van der Waals surface area contributed by atoms with Gasteiger partial charge in [0.05, 0.1) is 5.92 Å². The molecule has 16 heavy (non-hydrogen) atoms. The lowest BCUT2D eigenvalue weighted by molar-refractivity contribution is -0.143. The van der Waals surface area contributed by atoms with Gasteiger partial charge in [-0.3, -0.25) is 4.79 Å². The third kappa shape index (κ3) is 2.64. The second-order valence-electron chi connectivity index (χ2n) is 4.79. The zero-order chi connectivity index (χ0) is 11.5. The molecular weight excluding hydrogens is 220 g/mol. The maximum Gasteiger partial charge on any atom is 0.306 e. The third-order valence-electron chi connectivity index (χ3n) is 3.64. The molecule has 0 atom stereocenters. The molecule has 0 unspecified atom stereocenters. The molecule has 1 saturated carbocycles. The van der Waals surface area contributed by atoms with Crippen LogP contribution in [0.5, 0.6) is 0 Å². The van der Waals surface area contributed by atoms with Gasteiger partial charge < -0.3 is 5.11 Å². The zero-order valence-corrected chi connectivity index (χ0v) is 10.4. The minimum absolute atomic E-state index is 0.0827. The molecule has 1 aliphatic rings. The molecule has 1 N–H and O–H groups in total. The first-order chi connectivity index (χ1) is 7.66. The fourth-order valence-corrected chi connectivity index (χ4v) is 3.51. The van der Waals surface area contributed by atoms with Gasteiger partial charge in [0, 0.05) is 4.88 Å². The van der Waals surface area contributed by atoms with E-state index in [0.29, 0.717) is 5.92 Å². The molecule has 1 aromatic rings. The summed E-state index contributed by atoms with van der Waals surface area (Å²) in [5.74, 6) is 0.0133. The molecule has 2 rings (SSSR count). The Kier molecular flexibility index (Phi) is 3.64. The molecule has 0 bridgehead atoms. The van der Waals surface area contributed by atoms with Crippen LogP contribution < -0.4 is 0 Å². The molecule has 0 radical (unpaired) electrons. The zero-order valence-electron chi connectivity index (χ0n) is 9.61. The van der Waals surface area contributed by atoms with E-state index < -0.39 is 5.97 Å². The van der Waals surface area contributed by atoms with E-state index in [-0.39, 0.29) is 5.92 Å². The Bertz CT molecular complexity index is 362. The highest BCUT2D eigenvalue weighted by Crippen LogP contribution is 2.32. The number of hydrogen-bond donors (Lipinski definition) is 1. The van der Waals surface area contributed by atoms with Crippen molar-refractivity contribution in [2.75, 3.05) is 0 Å². The van der Waals surface area contributed by atoms with E-state index >= 15 is 0 Å². The van der Waals surface area contributed by atoms with Gasteiger partial charge >= 0.3 is 5.97 Å². The molecule has 0 spiro atoms. The van der Waals surface area contributed by atoms with E-state index in [1.807, 2.05) is 11.3 Å². The molecule has 3 heteroatoms. The number of carbonyl (C=O) groups is 1. The number of carboxylic acids is 1. The van der Waals surface area contributed by atoms with Crippen LogP contribution in [0.25, 0.3) is 0 Å². The van der Waals surface area contributed by atoms with Crippen LogP contribution in [-0.4, -0.2) is 11.1 Å². The maximum absolute atomic E-state index is 10.8. The Morgan fingerprint density at radius 3 is 2.62 bits per heavy atom. The highest BCUT2D eigenvalue weighted by molar-refractivity contribution is 7.10. The van der Waals surface area contributed by atoms with E-state index in [2.05, 4.69) is 18.4 Å². The molecule has 2 nitrogen and oxygen atoms in total. The fourth-order valence-electron chi connectivity index (χ4n) is 2.49. The Morgan fingerprint density at radius 1 is 1.44 bits per heavy atom. The minimum atomic E-state index is -0.606. The third-order valence-corrected chi connectivity index (χ3v) is 4.68. The summed E-state index contributed by atoms with van der Waals surface area (Å²) in [5.41, 5.74) is 1.39. The van der Waals surface area contributed by atoms with Crippen LogP contribution in [0.2, 0.25) is 0 Å². The first kappa shape index (κ1) is 11.6. The van der Waals surface area contributed by atoms with Crippen molar-refractivity contribution in [3.63, 3.8) is 0 Å². The molecule has 1 aliphatic carbocycles. The Morgan fingerprint density at radius 2 is 2.12 bits per heavy atom. The van der Waals surface area contributed by atoms with Gasteiger partial charge in [-0.2, -0.15) is 0 Å². The first-order valence-electron chi connectivity index (χ1n) is 5.92. The SMILES string of the molecule is Cc1ccsc1CC1CCC(C(=O)O)CC1. The lowest BCUT2D eigenvalue weighted by Gasteiger charge is -2.25. The summed E-state index contributed by atoms with van der Waals surface area (Å²) < 4.78 is 0. The summed E-state index contributed by atoms with van der Waals surface area (Å²) in [6, 6.07) is 2.17. The smallest absolute Gasteiger partial charge is 0.306 e. The van der Waals surface area contributed by atoms with Crippen LogP contribution in [0.4, 0.5) is 0 Å². The monoisotopic (exact) mass is 238 g/mol. The van der Waals surface area contributed by atoms with E-state index in [0.717, 1.165) is 32.1 Å². The summed E-state index contributed by atoms with van der Waals surface area (Å²) in [6.07, 6.45) is 5.04. The van der Waals surface area contributed by atoms with Crippen molar-refractivity contribution in [2.45, 2.75) is 39.0 Å². The summed E-state index contributed by atoms with van der Waals surface area (Å²) in [4.78, 5) is 12.3. The van der Waals surface area contributed by atoms with Crippen molar-refractivity contribution >= 4 is 17.3 Å². The quantitative estimate of drug-likeness (QED) is 0.875. The van der Waals surface area contributed by atoms with Gasteiger partial charge in [0.1, 0.15) is 0 Å². The van der Waals surface area contributed by atoms with Gasteiger partial charge in [0.2, 0.25) is 0 Å². The van der Waals surface area contributed by atoms with Crippen LogP contribution in [0.3, 0.4) is 0 Å². The Hall–Kier alpha value is -0.830. The number of rotatable bonds is 3. The highest BCUT2D eigenvalue weighted by atomic mass is 32.1. The van der Waals surface area contributed by atoms with Crippen molar-refractivity contribution in [3.05, 3.63) is 21.9 Å². The van der Waals surface area contributed by atoms with Crippen molar-refractivity contribution in [3.8, 4) is 0 Å². The molecule has 0 amide bonds. The Labute approximate surface area is 100 Å². The number of aliphatic carboxylic acids is 1. The standard InChI is InChI=1S/C13H18O2S/c1-9-6-7-16-12(9)8-10-2-4-11(5-3-10)13(14)15/h6-7,10-11H,2-5,8H2,1H3,(H,14,15). The molecule has 0 aliphatic heterocycles. The molecule has 1 heterocycles. The van der Waals surface area contributed by atoms with Crippen LogP contribution in [0.1, 0.15) is 36.1 Å². The number of aryl methyl sites for hydroxylation is 1. The van der Waals surface area contributed by atoms with E-state index in [4.69, 9.17) is 5.11 Å². The van der Waals surface area contributed by atoms with E-state index in [1.54, 1.807) is 0 Å². The topological polar surface area (TPSA) is 37.3 Å². The summed E-state index contributed by atoms with van der Waals surface area (Å²) in [5, 5.41) is 11.1. The van der Waals surface area contributed by atoms with Crippen LogP contribution >= 0.6 is 11.3 Å². The normalized spacial score (nSPS) is 25.6. The van der Waals surface area contributed by atoms with Crippen molar-refractivity contribution < 1.29 is 9.90 Å². The fraction of sp³-hybridized carbons (Fsp3) is 0.615. The van der Waals surface area contributed by atoms with E-state index in [1.165, 1.54) is 10.4 Å². The Balaban J connectivity index is 1.86. The van der Waals surface area contributed by atoms with Gasteiger partial charge in [-0.05, 0) is 62.0 Å². The van der Waals surface area contributed by atoms with Gasteiger partial charge in [-0.25, -0.2) is 0 Å². The predicted octanol–water partition coefficient (Wildman–Crippen LogP) is 3.49.